The first-order valence-corrected chi connectivity index (χ1v) is 4.83. The molecule has 0 bridgehead atoms. The molecule has 0 heterocycles. The molecule has 1 unspecified atom stereocenters. The monoisotopic (exact) mass is 228 g/mol. The van der Waals surface area contributed by atoms with Crippen LogP contribution >= 0.6 is 15.9 Å². The van der Waals surface area contributed by atoms with Gasteiger partial charge >= 0.3 is 0 Å². The molecule has 0 saturated carbocycles. The summed E-state index contributed by atoms with van der Waals surface area (Å²) in [5.41, 5.74) is 1.25. The van der Waals surface area contributed by atoms with E-state index in [2.05, 4.69) is 15.9 Å². The van der Waals surface area contributed by atoms with Gasteiger partial charge in [0, 0.05) is 17.3 Å². The van der Waals surface area contributed by atoms with Gasteiger partial charge in [-0.3, -0.25) is 0 Å². The fourth-order valence-corrected chi connectivity index (χ4v) is 2.34. The van der Waals surface area contributed by atoms with E-state index in [0.717, 1.165) is 15.6 Å². The summed E-state index contributed by atoms with van der Waals surface area (Å²) in [7, 11) is 0. The molecule has 1 aliphatic carbocycles. The second-order valence-electron chi connectivity index (χ2n) is 3.64. The van der Waals surface area contributed by atoms with Crippen molar-refractivity contribution in [3.8, 4) is 0 Å². The Balaban J connectivity index is 2.48. The van der Waals surface area contributed by atoms with E-state index in [-0.39, 0.29) is 0 Å². The summed E-state index contributed by atoms with van der Waals surface area (Å²) in [5, 5.41) is 0. The quantitative estimate of drug-likeness (QED) is 0.640. The molecule has 12 heavy (non-hydrogen) atoms. The maximum Gasteiger partial charge on any atom is 0.116 e. The summed E-state index contributed by atoms with van der Waals surface area (Å²) >= 11 is 3.43. The third-order valence-electron chi connectivity index (χ3n) is 2.32. The van der Waals surface area contributed by atoms with Crippen LogP contribution in [0.4, 0.5) is 4.39 Å². The van der Waals surface area contributed by atoms with Gasteiger partial charge in [0.05, 0.1) is 0 Å². The smallest absolute Gasteiger partial charge is 0.116 e. The first-order chi connectivity index (χ1) is 5.58. The van der Waals surface area contributed by atoms with Crippen molar-refractivity contribution in [1.29, 1.82) is 0 Å². The van der Waals surface area contributed by atoms with E-state index in [1.54, 1.807) is 6.92 Å². The molecule has 0 N–H and O–H groups in total. The lowest BCUT2D eigenvalue weighted by atomic mass is 10.1. The van der Waals surface area contributed by atoms with Gasteiger partial charge in [-0.2, -0.15) is 0 Å². The molecule has 1 aliphatic rings. The maximum atomic E-state index is 13.6. The zero-order chi connectivity index (χ0) is 8.77. The lowest BCUT2D eigenvalue weighted by Crippen LogP contribution is -2.16. The molecule has 0 fully saturated rings. The van der Waals surface area contributed by atoms with Crippen LogP contribution in [0.1, 0.15) is 18.1 Å². The second kappa shape index (κ2) is 2.56. The van der Waals surface area contributed by atoms with Gasteiger partial charge in [0.2, 0.25) is 0 Å². The largest absolute Gasteiger partial charge is 0.243 e. The number of benzene rings is 1. The normalized spacial score (nSPS) is 27.2. The Hall–Kier alpha value is -0.370. The highest BCUT2D eigenvalue weighted by Crippen LogP contribution is 2.36. The Bertz CT molecular complexity index is 318. The maximum absolute atomic E-state index is 13.6. The van der Waals surface area contributed by atoms with E-state index in [0.29, 0.717) is 12.8 Å². The van der Waals surface area contributed by atoms with E-state index in [1.165, 1.54) is 0 Å². The molecular weight excluding hydrogens is 219 g/mol. The van der Waals surface area contributed by atoms with Crippen LogP contribution in [0.3, 0.4) is 0 Å². The average molecular weight is 229 g/mol. The van der Waals surface area contributed by atoms with E-state index >= 15 is 0 Å². The molecule has 1 aromatic carbocycles. The molecular formula is C10H10BrF. The van der Waals surface area contributed by atoms with Crippen molar-refractivity contribution in [1.82, 2.24) is 0 Å². The standard InChI is InChI=1S/C10H10BrF/c1-10(12)5-7-3-2-4-9(11)8(7)6-10/h2-4H,5-6H2,1H3. The Labute approximate surface area is 79.9 Å². The van der Waals surface area contributed by atoms with Crippen LogP contribution in [0.25, 0.3) is 0 Å². The summed E-state index contributed by atoms with van der Waals surface area (Å²) in [4.78, 5) is 0. The minimum Gasteiger partial charge on any atom is -0.243 e. The van der Waals surface area contributed by atoms with Crippen molar-refractivity contribution in [2.24, 2.45) is 0 Å². The Morgan fingerprint density at radius 2 is 2.17 bits per heavy atom. The van der Waals surface area contributed by atoms with Crippen molar-refractivity contribution in [3.63, 3.8) is 0 Å². The lowest BCUT2D eigenvalue weighted by Gasteiger charge is -2.09. The topological polar surface area (TPSA) is 0 Å². The van der Waals surface area contributed by atoms with Crippen LogP contribution < -0.4 is 0 Å². The number of rotatable bonds is 0. The molecule has 2 heteroatoms. The number of hydrogen-bond acceptors (Lipinski definition) is 0. The molecule has 0 amide bonds. The zero-order valence-corrected chi connectivity index (χ0v) is 8.49. The third-order valence-corrected chi connectivity index (χ3v) is 3.06. The first kappa shape index (κ1) is 8.24. The third kappa shape index (κ3) is 1.28. The first-order valence-electron chi connectivity index (χ1n) is 4.04. The summed E-state index contributed by atoms with van der Waals surface area (Å²) < 4.78 is 14.6. The minimum atomic E-state index is -1.04. The van der Waals surface area contributed by atoms with Crippen LogP contribution in [0.15, 0.2) is 22.7 Å². The SMILES string of the molecule is CC1(F)Cc2cccc(Br)c2C1. The van der Waals surface area contributed by atoms with Crippen LogP contribution in [-0.2, 0) is 12.8 Å². The van der Waals surface area contributed by atoms with Gasteiger partial charge in [0.1, 0.15) is 5.67 Å². The molecule has 64 valence electrons. The molecule has 0 aromatic heterocycles. The number of hydrogen-bond donors (Lipinski definition) is 0. The fourth-order valence-electron chi connectivity index (χ4n) is 1.80. The Kier molecular flexibility index (Phi) is 1.76. The van der Waals surface area contributed by atoms with Gasteiger partial charge in [-0.1, -0.05) is 28.1 Å². The predicted molar refractivity (Wildman–Crippen MR) is 51.1 cm³/mol. The van der Waals surface area contributed by atoms with E-state index < -0.39 is 5.67 Å². The highest BCUT2D eigenvalue weighted by molar-refractivity contribution is 9.10. The van der Waals surface area contributed by atoms with Crippen LogP contribution in [-0.4, -0.2) is 5.67 Å². The lowest BCUT2D eigenvalue weighted by molar-refractivity contribution is 0.205. The summed E-state index contributed by atoms with van der Waals surface area (Å²) in [5.74, 6) is 0. The molecule has 0 spiro atoms. The summed E-state index contributed by atoms with van der Waals surface area (Å²) in [6.07, 6.45) is 1.10. The molecule has 0 radical (unpaired) electrons. The zero-order valence-electron chi connectivity index (χ0n) is 6.90. The number of fused-ring (bicyclic) bond motifs is 1. The Morgan fingerprint density at radius 3 is 2.83 bits per heavy atom. The van der Waals surface area contributed by atoms with Gasteiger partial charge in [-0.15, -0.1) is 0 Å². The van der Waals surface area contributed by atoms with Crippen molar-refractivity contribution in [3.05, 3.63) is 33.8 Å². The number of halogens is 2. The van der Waals surface area contributed by atoms with Gasteiger partial charge in [0.25, 0.3) is 0 Å². The van der Waals surface area contributed by atoms with Gasteiger partial charge < -0.3 is 0 Å². The van der Waals surface area contributed by atoms with Gasteiger partial charge in [0.15, 0.2) is 0 Å². The van der Waals surface area contributed by atoms with Crippen molar-refractivity contribution >= 4 is 15.9 Å². The molecule has 0 nitrogen and oxygen atoms in total. The second-order valence-corrected chi connectivity index (χ2v) is 4.50. The van der Waals surface area contributed by atoms with Crippen molar-refractivity contribution < 1.29 is 4.39 Å². The molecule has 0 aliphatic heterocycles. The predicted octanol–water partition coefficient (Wildman–Crippen LogP) is 3.28. The highest BCUT2D eigenvalue weighted by Gasteiger charge is 2.33. The average Bonchev–Trinajstić information content (AvgIpc) is 2.25. The van der Waals surface area contributed by atoms with Crippen molar-refractivity contribution in [2.45, 2.75) is 25.4 Å². The summed E-state index contributed by atoms with van der Waals surface area (Å²) in [6, 6.07) is 5.94. The van der Waals surface area contributed by atoms with Crippen LogP contribution in [0.5, 0.6) is 0 Å². The summed E-state index contributed by atoms with van der Waals surface area (Å²) in [6.45, 7) is 1.67. The minimum absolute atomic E-state index is 0.545. The van der Waals surface area contributed by atoms with Gasteiger partial charge in [-0.25, -0.2) is 4.39 Å². The van der Waals surface area contributed by atoms with Crippen LogP contribution in [0.2, 0.25) is 0 Å². The fraction of sp³-hybridized carbons (Fsp3) is 0.400. The molecule has 2 rings (SSSR count). The molecule has 1 atom stereocenters. The van der Waals surface area contributed by atoms with E-state index in [4.69, 9.17) is 0 Å². The van der Waals surface area contributed by atoms with Crippen LogP contribution in [0, 0.1) is 0 Å². The highest BCUT2D eigenvalue weighted by atomic mass is 79.9. The van der Waals surface area contributed by atoms with Crippen molar-refractivity contribution in [2.75, 3.05) is 0 Å². The molecule has 0 saturated heterocycles. The Morgan fingerprint density at radius 1 is 1.42 bits per heavy atom. The molecule has 1 aromatic rings. The van der Waals surface area contributed by atoms with E-state index in [1.807, 2.05) is 18.2 Å². The van der Waals surface area contributed by atoms with Gasteiger partial charge in [-0.05, 0) is 24.1 Å². The number of alkyl halides is 1. The van der Waals surface area contributed by atoms with E-state index in [9.17, 15) is 4.39 Å².